The van der Waals surface area contributed by atoms with Crippen LogP contribution in [0, 0.1) is 11.8 Å². The van der Waals surface area contributed by atoms with E-state index in [4.69, 9.17) is 137 Å². The molecule has 7 N–H and O–H groups in total. The number of ether oxygens (including phenoxy) is 29. The summed E-state index contributed by atoms with van der Waals surface area (Å²) in [4.78, 5) is 0. The first kappa shape index (κ1) is 92.7. The molecule has 8 saturated heterocycles. The highest BCUT2D eigenvalue weighted by Crippen LogP contribution is 2.48. The molecule has 0 saturated carbocycles. The fourth-order valence-corrected chi connectivity index (χ4v) is 17.1. The van der Waals surface area contributed by atoms with Gasteiger partial charge in [0.1, 0.15) is 134 Å². The fourth-order valence-electron chi connectivity index (χ4n) is 17.1. The van der Waals surface area contributed by atoms with Crippen molar-refractivity contribution >= 4 is 0 Å². The van der Waals surface area contributed by atoms with Crippen molar-refractivity contribution in [3.8, 4) is 0 Å². The molecular formula is C75H128O36. The lowest BCUT2D eigenvalue weighted by molar-refractivity contribution is -0.400. The van der Waals surface area contributed by atoms with Crippen LogP contribution in [0.15, 0.2) is 30.3 Å². The number of methoxy groups -OCH3 is 13. The second kappa shape index (κ2) is 43.7. The molecule has 8 heterocycles. The van der Waals surface area contributed by atoms with Gasteiger partial charge in [-0.3, -0.25) is 0 Å². The quantitative estimate of drug-likeness (QED) is 0.0425. The number of fused-ring (bicyclic) bond motifs is 1. The molecule has 8 fully saturated rings. The Kier molecular flexibility index (Phi) is 36.4. The number of rotatable bonds is 41. The zero-order valence-corrected chi connectivity index (χ0v) is 67.3. The monoisotopic (exact) mass is 1600 g/mol. The number of hydrogen-bond acceptors (Lipinski definition) is 36. The molecule has 0 spiro atoms. The summed E-state index contributed by atoms with van der Waals surface area (Å²) >= 11 is 0. The van der Waals surface area contributed by atoms with Gasteiger partial charge in [-0.05, 0) is 39.5 Å². The second-order valence-electron chi connectivity index (χ2n) is 29.5. The lowest BCUT2D eigenvalue weighted by Gasteiger charge is -2.54. The molecule has 8 aliphatic rings. The van der Waals surface area contributed by atoms with Crippen LogP contribution in [0.1, 0.15) is 78.6 Å². The molecule has 1 aromatic carbocycles. The molecule has 26 unspecified atom stereocenters. The summed E-state index contributed by atoms with van der Waals surface area (Å²) in [6, 6.07) is 9.02. The lowest BCUT2D eigenvalue weighted by atomic mass is 9.74. The predicted octanol–water partition coefficient (Wildman–Crippen LogP) is 0.0352. The Labute approximate surface area is 650 Å². The molecule has 36 nitrogen and oxygen atoms in total. The van der Waals surface area contributed by atoms with E-state index in [2.05, 4.69) is 6.92 Å². The topological polar surface area (TPSA) is 409 Å². The third-order valence-electron chi connectivity index (χ3n) is 23.2. The second-order valence-corrected chi connectivity index (χ2v) is 29.5. The Hall–Kier alpha value is -2.22. The normalized spacial score (nSPS) is 43.2. The van der Waals surface area contributed by atoms with E-state index < -0.39 is 245 Å². The first-order valence-electron chi connectivity index (χ1n) is 38.4. The van der Waals surface area contributed by atoms with E-state index in [-0.39, 0.29) is 33.0 Å². The van der Waals surface area contributed by atoms with Gasteiger partial charge in [0.05, 0.1) is 81.9 Å². The molecule has 111 heavy (non-hydrogen) atoms. The van der Waals surface area contributed by atoms with Gasteiger partial charge in [-0.1, -0.05) is 57.5 Å². The number of unbranched alkanes of at least 4 members (excludes halogenated alkanes) is 1. The zero-order chi connectivity index (χ0) is 80.6. The Balaban J connectivity index is 0.896. The maximum Gasteiger partial charge on any atom is 0.187 e. The Bertz CT molecular complexity index is 2780. The molecule has 0 bridgehead atoms. The molecule has 0 aliphatic carbocycles. The van der Waals surface area contributed by atoms with Gasteiger partial charge in [-0.15, -0.1) is 0 Å². The highest BCUT2D eigenvalue weighted by molar-refractivity contribution is 5.17. The van der Waals surface area contributed by atoms with Gasteiger partial charge < -0.3 is 173 Å². The van der Waals surface area contributed by atoms with Crippen LogP contribution in [0.25, 0.3) is 0 Å². The smallest absolute Gasteiger partial charge is 0.187 e. The van der Waals surface area contributed by atoms with Crippen molar-refractivity contribution in [1.29, 1.82) is 0 Å². The zero-order valence-electron chi connectivity index (χ0n) is 67.3. The van der Waals surface area contributed by atoms with E-state index in [1.165, 1.54) is 49.8 Å². The number of aliphatic hydroxyl groups excluding tert-OH is 7. The van der Waals surface area contributed by atoms with Crippen LogP contribution in [0.2, 0.25) is 0 Å². The Morgan fingerprint density at radius 1 is 0.459 bits per heavy atom. The average Bonchev–Trinajstić information content (AvgIpc) is 0.756. The van der Waals surface area contributed by atoms with Crippen molar-refractivity contribution < 1.29 is 173 Å². The Morgan fingerprint density at radius 2 is 0.955 bits per heavy atom. The summed E-state index contributed by atoms with van der Waals surface area (Å²) in [7, 11) is 19.5. The molecule has 9 rings (SSSR count). The first-order chi connectivity index (χ1) is 53.5. The minimum Gasteiger partial charge on any atom is -0.394 e. The minimum absolute atomic E-state index is 0.0000109. The molecular weight excluding hydrogens is 1480 g/mol. The Morgan fingerprint density at radius 3 is 1.50 bits per heavy atom. The molecule has 8 aliphatic heterocycles. The van der Waals surface area contributed by atoms with E-state index in [0.717, 1.165) is 12.8 Å². The number of hydrogen-bond donors (Lipinski definition) is 7. The lowest BCUT2D eigenvalue weighted by Crippen LogP contribution is -2.68. The summed E-state index contributed by atoms with van der Waals surface area (Å²) in [6.07, 6.45) is -37.1. The summed E-state index contributed by atoms with van der Waals surface area (Å²) in [5.74, 6) is -1.17. The SMILES string of the molecule is CCCCOCC1O[C@@H](O)C(OC)C(OC)[C@@H]1C(C)(CC)O[C@@H]1OC(COC)[C@@H](OC2OC(COC)CC(C(C)(OC)C(CC)O[C@@H]3OC(COC)[C@@H](O[C@H]4OC(CO)[C@@H](O[C@@H]5OC(CO)[C@@H](O[C@H]6OC7COC(c8ccccc8)O[C@H]7C(O)C6O)C(O)C5O)C(OC)C4OC)C(OC)C3OC)C2OC)C(OC)C1OC. The highest BCUT2D eigenvalue weighted by Gasteiger charge is 2.63. The largest absolute Gasteiger partial charge is 0.394 e. The number of benzene rings is 1. The highest BCUT2D eigenvalue weighted by atomic mass is 16.8. The minimum atomic E-state index is -1.92. The predicted molar refractivity (Wildman–Crippen MR) is 381 cm³/mol. The molecule has 36 heteroatoms. The summed E-state index contributed by atoms with van der Waals surface area (Å²) in [5, 5.41) is 79.2. The van der Waals surface area contributed by atoms with E-state index >= 15 is 0 Å². The van der Waals surface area contributed by atoms with Crippen molar-refractivity contribution in [3.05, 3.63) is 35.9 Å². The maximum absolute atomic E-state index is 11.7. The summed E-state index contributed by atoms with van der Waals surface area (Å²) in [6.45, 7) is 8.94. The van der Waals surface area contributed by atoms with E-state index in [1.54, 1.807) is 66.9 Å². The summed E-state index contributed by atoms with van der Waals surface area (Å²) < 4.78 is 184. The summed E-state index contributed by atoms with van der Waals surface area (Å²) in [5.41, 5.74) is -1.67. The number of aliphatic hydroxyl groups is 7. The van der Waals surface area contributed by atoms with Gasteiger partial charge in [-0.25, -0.2) is 0 Å². The molecule has 1 aromatic rings. The van der Waals surface area contributed by atoms with Gasteiger partial charge in [0.15, 0.2) is 50.3 Å². The van der Waals surface area contributed by atoms with Gasteiger partial charge in [-0.2, -0.15) is 0 Å². The standard InChI is InChI=1S/C75H128O36/c1-19-22-28-96-35-42-47(58(87-10)62(91-14)66(82)99-42)74(4,21-3)111-73-65(94-17)61(90-13)57(44(104-73)34-85-8)109-70-52(86-9)39(29-38(98-70)32-83-6)75(5,95-18)46(20-2)105-71-63(92-15)60(89-12)56(43(103-71)33-84-7)110-72-64(93-16)59(88-11)55(41(31-77)101-72)108-68-50(80)48(78)53(40(30-76)100-68)107-69-51(81)49(79)54-45(102-69)36-97-67(106-54)37-26-24-23-25-27-37/h23-27,38-73,76-82H,19-22,28-36H2,1-18H3/t38?,39?,40?,41?,42?,43?,44?,45?,46?,47-,48?,49?,50?,51?,52?,53-,54-,55-,56-,57-,58?,59?,60?,61?,62?,63?,64?,65?,66-,67?,68+,69-,70?,71+,72-,73+,74?,75?/m1/s1. The van der Waals surface area contributed by atoms with Crippen molar-refractivity contribution in [2.75, 3.05) is 145 Å². The molecule has 644 valence electrons. The van der Waals surface area contributed by atoms with Gasteiger partial charge in [0.25, 0.3) is 0 Å². The van der Waals surface area contributed by atoms with Crippen molar-refractivity contribution in [1.82, 2.24) is 0 Å². The van der Waals surface area contributed by atoms with Gasteiger partial charge in [0.2, 0.25) is 0 Å². The van der Waals surface area contributed by atoms with Crippen molar-refractivity contribution in [3.63, 3.8) is 0 Å². The van der Waals surface area contributed by atoms with E-state index in [1.807, 2.05) is 33.8 Å². The third kappa shape index (κ3) is 20.5. The maximum atomic E-state index is 11.7. The first-order valence-corrected chi connectivity index (χ1v) is 38.4. The van der Waals surface area contributed by atoms with Crippen LogP contribution in [0.5, 0.6) is 0 Å². The van der Waals surface area contributed by atoms with Crippen molar-refractivity contribution in [2.45, 2.75) is 287 Å². The third-order valence-corrected chi connectivity index (χ3v) is 23.2. The van der Waals surface area contributed by atoms with E-state index in [9.17, 15) is 35.7 Å². The molecule has 38 atom stereocenters. The van der Waals surface area contributed by atoms with Crippen LogP contribution in [-0.4, -0.2) is 395 Å². The molecule has 0 aromatic heterocycles. The molecule has 0 amide bonds. The van der Waals surface area contributed by atoms with Crippen molar-refractivity contribution in [2.24, 2.45) is 11.8 Å². The fraction of sp³-hybridized carbons (Fsp3) is 0.920. The van der Waals surface area contributed by atoms with E-state index in [0.29, 0.717) is 31.4 Å². The van der Waals surface area contributed by atoms with Gasteiger partial charge in [0, 0.05) is 116 Å². The van der Waals surface area contributed by atoms with Crippen LogP contribution in [0.4, 0.5) is 0 Å². The van der Waals surface area contributed by atoms with Crippen LogP contribution in [-0.2, 0) is 137 Å². The molecule has 0 radical (unpaired) electrons. The average molecular weight is 1610 g/mol. The van der Waals surface area contributed by atoms with Crippen LogP contribution >= 0.6 is 0 Å². The van der Waals surface area contributed by atoms with Crippen LogP contribution in [0.3, 0.4) is 0 Å². The van der Waals surface area contributed by atoms with Crippen LogP contribution < -0.4 is 0 Å². The van der Waals surface area contributed by atoms with Gasteiger partial charge >= 0.3 is 0 Å².